The molecule has 0 saturated heterocycles. The molecule has 0 unspecified atom stereocenters. The summed E-state index contributed by atoms with van der Waals surface area (Å²) in [5.41, 5.74) is 4.79. The summed E-state index contributed by atoms with van der Waals surface area (Å²) in [7, 11) is 0. The highest BCUT2D eigenvalue weighted by atomic mass is 35.5. The van der Waals surface area contributed by atoms with Gasteiger partial charge in [-0.25, -0.2) is 5.43 Å². The van der Waals surface area contributed by atoms with Gasteiger partial charge in [0.05, 0.1) is 19.0 Å². The number of rotatable bonds is 11. The van der Waals surface area contributed by atoms with E-state index < -0.39 is 0 Å². The van der Waals surface area contributed by atoms with Gasteiger partial charge >= 0.3 is 0 Å². The van der Waals surface area contributed by atoms with Gasteiger partial charge in [-0.05, 0) is 66.1 Å². The van der Waals surface area contributed by atoms with Crippen LogP contribution in [0, 0.1) is 0 Å². The zero-order valence-corrected chi connectivity index (χ0v) is 22.0. The minimum Gasteiger partial charge on any atom is -0.494 e. The second-order valence-corrected chi connectivity index (χ2v) is 8.93. The maximum atomic E-state index is 12.8. The van der Waals surface area contributed by atoms with Crippen LogP contribution in [0.25, 0.3) is 0 Å². The van der Waals surface area contributed by atoms with E-state index in [0.29, 0.717) is 22.2 Å². The van der Waals surface area contributed by atoms with Crippen LogP contribution in [0.3, 0.4) is 0 Å². The maximum absolute atomic E-state index is 12.8. The molecule has 0 bridgehead atoms. The van der Waals surface area contributed by atoms with Crippen LogP contribution >= 0.6 is 23.2 Å². The van der Waals surface area contributed by atoms with E-state index >= 15 is 0 Å². The third-order valence-corrected chi connectivity index (χ3v) is 5.61. The molecular formula is C28H29Cl2N5O2. The summed E-state index contributed by atoms with van der Waals surface area (Å²) in [6.07, 6.45) is 7.66. The molecule has 0 saturated carbocycles. The van der Waals surface area contributed by atoms with E-state index in [4.69, 9.17) is 27.9 Å². The predicted octanol–water partition coefficient (Wildman–Crippen LogP) is 6.70. The van der Waals surface area contributed by atoms with Crippen LogP contribution in [0.1, 0.15) is 54.1 Å². The first-order valence-corrected chi connectivity index (χ1v) is 12.7. The molecule has 3 aromatic carbocycles. The quantitative estimate of drug-likeness (QED) is 0.123. The van der Waals surface area contributed by atoms with Crippen molar-refractivity contribution >= 4 is 47.5 Å². The van der Waals surface area contributed by atoms with Gasteiger partial charge in [0.25, 0.3) is 5.91 Å². The van der Waals surface area contributed by atoms with Crippen LogP contribution in [0.5, 0.6) is 5.75 Å². The Morgan fingerprint density at radius 1 is 0.838 bits per heavy atom. The lowest BCUT2D eigenvalue weighted by Crippen LogP contribution is -2.38. The van der Waals surface area contributed by atoms with Crippen LogP contribution in [-0.2, 0) is 0 Å². The Bertz CT molecular complexity index is 1210. The Morgan fingerprint density at radius 2 is 1.46 bits per heavy atom. The van der Waals surface area contributed by atoms with Crippen LogP contribution < -0.4 is 15.5 Å². The van der Waals surface area contributed by atoms with E-state index in [1.54, 1.807) is 73.1 Å². The van der Waals surface area contributed by atoms with Crippen LogP contribution in [-0.4, -0.2) is 30.9 Å². The van der Waals surface area contributed by atoms with Crippen molar-refractivity contribution in [2.24, 2.45) is 15.3 Å². The molecule has 0 aliphatic heterocycles. The molecule has 2 N–H and O–H groups in total. The maximum Gasteiger partial charge on any atom is 0.258 e. The van der Waals surface area contributed by atoms with Gasteiger partial charge in [0.1, 0.15) is 5.75 Å². The zero-order valence-electron chi connectivity index (χ0n) is 20.5. The normalized spacial score (nSPS) is 11.7. The topological polar surface area (TPSA) is 87.4 Å². The Labute approximate surface area is 227 Å². The van der Waals surface area contributed by atoms with Crippen LogP contribution in [0.4, 0.5) is 0 Å². The summed E-state index contributed by atoms with van der Waals surface area (Å²) in [6.45, 7) is 2.83. The Balaban J connectivity index is 1.65. The largest absolute Gasteiger partial charge is 0.494 e. The zero-order chi connectivity index (χ0) is 26.3. The fraction of sp³-hybridized carbons (Fsp3) is 0.214. The molecule has 0 fully saturated rings. The predicted molar refractivity (Wildman–Crippen MR) is 152 cm³/mol. The van der Waals surface area contributed by atoms with E-state index in [1.807, 2.05) is 12.1 Å². The fourth-order valence-corrected chi connectivity index (χ4v) is 3.35. The number of hydrogen-bond acceptors (Lipinski definition) is 5. The number of carbonyl (C=O) groups is 1. The lowest BCUT2D eigenvalue weighted by Gasteiger charge is -2.09. The molecule has 9 heteroatoms. The monoisotopic (exact) mass is 537 g/mol. The summed E-state index contributed by atoms with van der Waals surface area (Å²) in [5, 5.41) is 16.2. The molecular weight excluding hydrogens is 509 g/mol. The second kappa shape index (κ2) is 15.4. The summed E-state index contributed by atoms with van der Waals surface area (Å²) < 4.78 is 5.75. The number of ether oxygens (including phenoxy) is 1. The minimum atomic E-state index is -0.371. The molecule has 0 spiro atoms. The van der Waals surface area contributed by atoms with Crippen molar-refractivity contribution in [3.05, 3.63) is 99.5 Å². The van der Waals surface area contributed by atoms with Crippen molar-refractivity contribution in [2.45, 2.75) is 32.6 Å². The number of benzene rings is 3. The van der Waals surface area contributed by atoms with Crippen molar-refractivity contribution in [3.63, 3.8) is 0 Å². The molecule has 192 valence electrons. The Morgan fingerprint density at radius 3 is 2.08 bits per heavy atom. The number of hydrogen-bond donors (Lipinski definition) is 2. The first-order valence-electron chi connectivity index (χ1n) is 12.0. The third-order valence-electron chi connectivity index (χ3n) is 5.10. The molecule has 0 aliphatic carbocycles. The van der Waals surface area contributed by atoms with Crippen LogP contribution in [0.2, 0.25) is 10.0 Å². The Hall–Kier alpha value is -3.68. The van der Waals surface area contributed by atoms with Crippen molar-refractivity contribution in [1.82, 2.24) is 10.7 Å². The summed E-state index contributed by atoms with van der Waals surface area (Å²) in [4.78, 5) is 12.8. The number of carbonyl (C=O) groups excluding carboxylic acids is 1. The molecule has 0 atom stereocenters. The van der Waals surface area contributed by atoms with Gasteiger partial charge in [0.2, 0.25) is 5.96 Å². The molecule has 0 radical (unpaired) electrons. The number of nitrogens with zero attached hydrogens (tertiary/aromatic N) is 3. The smallest absolute Gasteiger partial charge is 0.258 e. The number of nitrogens with one attached hydrogen (secondary N) is 2. The van der Waals surface area contributed by atoms with E-state index in [9.17, 15) is 4.79 Å². The highest BCUT2D eigenvalue weighted by molar-refractivity contribution is 6.30. The lowest BCUT2D eigenvalue weighted by atomic mass is 10.2. The standard InChI is InChI=1S/C28H29Cl2N5O2/c1-2-3-4-5-18-37-26-16-10-23(11-17-26)27(36)33-28(34-31-19-21-6-12-24(29)13-7-21)35-32-20-22-8-14-25(30)15-9-22/h6-17,19-20H,2-5,18H2,1H3,(H2,33,34,35,36)/b31-19+,32-20+. The molecule has 0 heterocycles. The van der Waals surface area contributed by atoms with Crippen molar-refractivity contribution in [2.75, 3.05) is 6.61 Å². The number of halogens is 2. The first kappa shape index (κ1) is 27.9. The molecule has 37 heavy (non-hydrogen) atoms. The van der Waals surface area contributed by atoms with E-state index in [1.165, 1.54) is 12.8 Å². The average Bonchev–Trinajstić information content (AvgIpc) is 2.91. The van der Waals surface area contributed by atoms with Gasteiger partial charge in [-0.3, -0.25) is 10.1 Å². The van der Waals surface area contributed by atoms with Crippen molar-refractivity contribution in [1.29, 1.82) is 0 Å². The molecule has 0 aromatic heterocycles. The molecule has 3 aromatic rings. The molecule has 3 rings (SSSR count). The average molecular weight is 538 g/mol. The lowest BCUT2D eigenvalue weighted by molar-refractivity contribution is 0.0975. The van der Waals surface area contributed by atoms with Crippen LogP contribution in [0.15, 0.2) is 88.1 Å². The summed E-state index contributed by atoms with van der Waals surface area (Å²) in [5.74, 6) is 0.404. The number of hydrazone groups is 1. The molecule has 1 amide bonds. The van der Waals surface area contributed by atoms with E-state index in [-0.39, 0.29) is 11.9 Å². The number of amides is 1. The van der Waals surface area contributed by atoms with Gasteiger partial charge in [0.15, 0.2) is 0 Å². The van der Waals surface area contributed by atoms with Crippen molar-refractivity contribution in [3.8, 4) is 5.75 Å². The third kappa shape index (κ3) is 10.5. The minimum absolute atomic E-state index is 0.0525. The van der Waals surface area contributed by atoms with Gasteiger partial charge in [-0.2, -0.15) is 10.2 Å². The molecule has 0 aliphatic rings. The van der Waals surface area contributed by atoms with Gasteiger partial charge in [-0.1, -0.05) is 73.7 Å². The highest BCUT2D eigenvalue weighted by Crippen LogP contribution is 2.13. The number of guanidine groups is 1. The van der Waals surface area contributed by atoms with Gasteiger partial charge < -0.3 is 4.74 Å². The van der Waals surface area contributed by atoms with E-state index in [0.717, 1.165) is 29.7 Å². The van der Waals surface area contributed by atoms with Gasteiger partial charge in [-0.15, -0.1) is 5.10 Å². The second-order valence-electron chi connectivity index (χ2n) is 8.05. The van der Waals surface area contributed by atoms with Crippen molar-refractivity contribution < 1.29 is 9.53 Å². The summed E-state index contributed by atoms with van der Waals surface area (Å²) >= 11 is 11.8. The number of unbranched alkanes of at least 4 members (excludes halogenated alkanes) is 3. The summed E-state index contributed by atoms with van der Waals surface area (Å²) in [6, 6.07) is 21.2. The Kier molecular flexibility index (Phi) is 11.6. The molecule has 7 nitrogen and oxygen atoms in total. The fourth-order valence-electron chi connectivity index (χ4n) is 3.10. The first-order chi connectivity index (χ1) is 18.0. The highest BCUT2D eigenvalue weighted by Gasteiger charge is 2.09. The SMILES string of the molecule is CCCCCCOc1ccc(C(=O)NC(=N/N=C/c2ccc(Cl)cc2)N/N=C/c2ccc(Cl)cc2)cc1. The van der Waals surface area contributed by atoms with E-state index in [2.05, 4.69) is 33.0 Å². The van der Waals surface area contributed by atoms with Gasteiger partial charge in [0, 0.05) is 15.6 Å².